The number of carbonyl (C=O) groups excluding carboxylic acids is 1. The van der Waals surface area contributed by atoms with Crippen molar-refractivity contribution < 1.29 is 9.63 Å². The van der Waals surface area contributed by atoms with Gasteiger partial charge in [-0.3, -0.25) is 9.63 Å². The van der Waals surface area contributed by atoms with Crippen molar-refractivity contribution >= 4 is 32.7 Å². The lowest BCUT2D eigenvalue weighted by atomic mass is 10.1. The van der Waals surface area contributed by atoms with Gasteiger partial charge in [0.15, 0.2) is 0 Å². The first-order valence-electron chi connectivity index (χ1n) is 5.18. The summed E-state index contributed by atoms with van der Waals surface area (Å²) < 4.78 is 0.999. The second kappa shape index (κ2) is 4.89. The lowest BCUT2D eigenvalue weighted by Crippen LogP contribution is -2.26. The molecule has 90 valence electrons. The number of fused-ring (bicyclic) bond motifs is 1. The van der Waals surface area contributed by atoms with Crippen molar-refractivity contribution in [2.24, 2.45) is 0 Å². The van der Waals surface area contributed by atoms with Gasteiger partial charge in [-0.15, -0.1) is 0 Å². The van der Waals surface area contributed by atoms with Crippen LogP contribution < -0.4 is 0 Å². The summed E-state index contributed by atoms with van der Waals surface area (Å²) in [5, 5.41) is 2.29. The third-order valence-electron chi connectivity index (χ3n) is 2.70. The molecule has 1 aromatic carbocycles. The fourth-order valence-electron chi connectivity index (χ4n) is 1.67. The highest BCUT2D eigenvalue weighted by molar-refractivity contribution is 9.10. The zero-order valence-corrected chi connectivity index (χ0v) is 11.2. The zero-order valence-electron chi connectivity index (χ0n) is 9.66. The van der Waals surface area contributed by atoms with Gasteiger partial charge in [-0.1, -0.05) is 15.9 Å². The van der Waals surface area contributed by atoms with Gasteiger partial charge in [0.05, 0.1) is 13.5 Å². The predicted octanol–water partition coefficient (Wildman–Crippen LogP) is 2.49. The van der Waals surface area contributed by atoms with Gasteiger partial charge in [-0.2, -0.15) is 0 Å². The number of hydrogen-bond donors (Lipinski definition) is 1. The van der Waals surface area contributed by atoms with Gasteiger partial charge in [0.1, 0.15) is 0 Å². The van der Waals surface area contributed by atoms with Crippen LogP contribution in [0.25, 0.3) is 10.9 Å². The van der Waals surface area contributed by atoms with E-state index in [2.05, 4.69) is 20.9 Å². The summed E-state index contributed by atoms with van der Waals surface area (Å²) in [6, 6.07) is 5.94. The molecule has 0 saturated carbocycles. The number of aromatic amines is 1. The number of halogens is 1. The summed E-state index contributed by atoms with van der Waals surface area (Å²) in [5.74, 6) is -0.0756. The van der Waals surface area contributed by atoms with Crippen molar-refractivity contribution in [3.63, 3.8) is 0 Å². The first-order valence-corrected chi connectivity index (χ1v) is 5.97. The minimum absolute atomic E-state index is 0.0756. The second-order valence-corrected chi connectivity index (χ2v) is 4.67. The number of hydrogen-bond acceptors (Lipinski definition) is 2. The van der Waals surface area contributed by atoms with E-state index < -0.39 is 0 Å². The summed E-state index contributed by atoms with van der Waals surface area (Å²) in [6.45, 7) is 0. The third-order valence-corrected chi connectivity index (χ3v) is 3.19. The van der Waals surface area contributed by atoms with Gasteiger partial charge >= 0.3 is 0 Å². The van der Waals surface area contributed by atoms with Crippen molar-refractivity contribution in [2.75, 3.05) is 14.2 Å². The Morgan fingerprint density at radius 3 is 3.00 bits per heavy atom. The van der Waals surface area contributed by atoms with Crippen molar-refractivity contribution in [3.8, 4) is 0 Å². The molecule has 5 heteroatoms. The summed E-state index contributed by atoms with van der Waals surface area (Å²) >= 11 is 3.43. The topological polar surface area (TPSA) is 45.3 Å². The Labute approximate surface area is 108 Å². The van der Waals surface area contributed by atoms with Gasteiger partial charge in [0.25, 0.3) is 0 Å². The number of aromatic nitrogens is 1. The molecule has 0 aliphatic heterocycles. The van der Waals surface area contributed by atoms with E-state index in [-0.39, 0.29) is 5.91 Å². The number of nitrogens with zero attached hydrogens (tertiary/aromatic N) is 1. The first-order chi connectivity index (χ1) is 8.11. The molecule has 0 atom stereocenters. The van der Waals surface area contributed by atoms with Crippen LogP contribution in [0.3, 0.4) is 0 Å². The fraction of sp³-hybridized carbons (Fsp3) is 0.250. The average molecular weight is 297 g/mol. The molecule has 0 saturated heterocycles. The summed E-state index contributed by atoms with van der Waals surface area (Å²) in [5.41, 5.74) is 1.99. The number of hydroxylamine groups is 2. The van der Waals surface area contributed by atoms with Crippen LogP contribution in [-0.4, -0.2) is 30.1 Å². The standard InChI is InChI=1S/C12H13BrN2O2/c1-15(17-2)12(16)5-8-7-14-11-4-3-9(13)6-10(8)11/h3-4,6-7,14H,5H2,1-2H3. The molecule has 1 aromatic heterocycles. The van der Waals surface area contributed by atoms with Gasteiger partial charge in [-0.25, -0.2) is 5.06 Å². The average Bonchev–Trinajstić information content (AvgIpc) is 2.71. The predicted molar refractivity (Wildman–Crippen MR) is 69.5 cm³/mol. The van der Waals surface area contributed by atoms with Crippen LogP contribution in [0.2, 0.25) is 0 Å². The molecule has 1 heterocycles. The Morgan fingerprint density at radius 2 is 2.29 bits per heavy atom. The van der Waals surface area contributed by atoms with Crippen LogP contribution in [0.15, 0.2) is 28.9 Å². The maximum absolute atomic E-state index is 11.7. The molecule has 0 fully saturated rings. The van der Waals surface area contributed by atoms with Crippen LogP contribution >= 0.6 is 15.9 Å². The Balaban J connectivity index is 2.30. The van der Waals surface area contributed by atoms with E-state index in [1.54, 1.807) is 7.05 Å². The summed E-state index contributed by atoms with van der Waals surface area (Å²) in [7, 11) is 3.08. The van der Waals surface area contributed by atoms with Crippen LogP contribution in [0, 0.1) is 0 Å². The molecule has 0 unspecified atom stereocenters. The Morgan fingerprint density at radius 1 is 1.53 bits per heavy atom. The molecule has 0 spiro atoms. The highest BCUT2D eigenvalue weighted by Crippen LogP contribution is 2.23. The lowest BCUT2D eigenvalue weighted by Gasteiger charge is -2.12. The van der Waals surface area contributed by atoms with Gasteiger partial charge in [-0.05, 0) is 23.8 Å². The smallest absolute Gasteiger partial charge is 0.250 e. The Hall–Kier alpha value is -1.33. The third kappa shape index (κ3) is 2.50. The van der Waals surface area contributed by atoms with Crippen LogP contribution in [0.1, 0.15) is 5.56 Å². The maximum atomic E-state index is 11.7. The van der Waals surface area contributed by atoms with Gasteiger partial charge in [0, 0.05) is 28.6 Å². The molecule has 4 nitrogen and oxygen atoms in total. The van der Waals surface area contributed by atoms with E-state index in [0.717, 1.165) is 20.9 Å². The van der Waals surface area contributed by atoms with Crippen molar-refractivity contribution in [2.45, 2.75) is 6.42 Å². The van der Waals surface area contributed by atoms with Gasteiger partial charge < -0.3 is 4.98 Å². The number of carbonyl (C=O) groups is 1. The van der Waals surface area contributed by atoms with E-state index in [9.17, 15) is 4.79 Å². The molecule has 1 amide bonds. The highest BCUT2D eigenvalue weighted by atomic mass is 79.9. The van der Waals surface area contributed by atoms with Crippen LogP contribution in [0.4, 0.5) is 0 Å². The summed E-state index contributed by atoms with van der Waals surface area (Å²) in [4.78, 5) is 19.8. The molecule has 17 heavy (non-hydrogen) atoms. The fourth-order valence-corrected chi connectivity index (χ4v) is 2.03. The molecule has 0 radical (unpaired) electrons. The number of benzene rings is 1. The minimum Gasteiger partial charge on any atom is -0.361 e. The summed E-state index contributed by atoms with van der Waals surface area (Å²) in [6.07, 6.45) is 2.18. The molecule has 2 aromatic rings. The number of likely N-dealkylation sites (N-methyl/N-ethyl adjacent to an activating group) is 1. The van der Waals surface area contributed by atoms with E-state index in [0.29, 0.717) is 6.42 Å². The van der Waals surface area contributed by atoms with E-state index >= 15 is 0 Å². The van der Waals surface area contributed by atoms with E-state index in [4.69, 9.17) is 4.84 Å². The van der Waals surface area contributed by atoms with E-state index in [1.165, 1.54) is 12.2 Å². The number of nitrogens with one attached hydrogen (secondary N) is 1. The molecular weight excluding hydrogens is 284 g/mol. The normalized spacial score (nSPS) is 10.8. The Kier molecular flexibility index (Phi) is 3.49. The maximum Gasteiger partial charge on any atom is 0.250 e. The monoisotopic (exact) mass is 296 g/mol. The number of rotatable bonds is 3. The zero-order chi connectivity index (χ0) is 12.4. The quantitative estimate of drug-likeness (QED) is 0.885. The largest absolute Gasteiger partial charge is 0.361 e. The lowest BCUT2D eigenvalue weighted by molar-refractivity contribution is -0.167. The SMILES string of the molecule is CON(C)C(=O)Cc1c[nH]c2ccc(Br)cc12. The molecule has 0 bridgehead atoms. The first kappa shape index (κ1) is 12.1. The molecule has 2 rings (SSSR count). The van der Waals surface area contributed by atoms with Crippen molar-refractivity contribution in [3.05, 3.63) is 34.4 Å². The molecule has 1 N–H and O–H groups in total. The highest BCUT2D eigenvalue weighted by Gasteiger charge is 2.12. The minimum atomic E-state index is -0.0756. The second-order valence-electron chi connectivity index (χ2n) is 3.75. The van der Waals surface area contributed by atoms with E-state index in [1.807, 2.05) is 24.4 Å². The molecular formula is C12H13BrN2O2. The van der Waals surface area contributed by atoms with Crippen molar-refractivity contribution in [1.29, 1.82) is 0 Å². The van der Waals surface area contributed by atoms with Crippen LogP contribution in [-0.2, 0) is 16.1 Å². The number of amides is 1. The molecule has 0 aliphatic carbocycles. The Bertz CT molecular complexity index is 550. The van der Waals surface area contributed by atoms with Crippen molar-refractivity contribution in [1.82, 2.24) is 10.0 Å². The van der Waals surface area contributed by atoms with Gasteiger partial charge in [0.2, 0.25) is 5.91 Å². The number of H-pyrrole nitrogens is 1. The van der Waals surface area contributed by atoms with Crippen LogP contribution in [0.5, 0.6) is 0 Å². The molecule has 0 aliphatic rings.